The molecule has 0 aromatic heterocycles. The van der Waals surface area contributed by atoms with E-state index in [0.29, 0.717) is 23.3 Å². The van der Waals surface area contributed by atoms with Gasteiger partial charge in [-0.25, -0.2) is 0 Å². The summed E-state index contributed by atoms with van der Waals surface area (Å²) < 4.78 is 0. The molecule has 124 valence electrons. The third kappa shape index (κ3) is 2.09. The number of fused-ring (bicyclic) bond motifs is 5. The van der Waals surface area contributed by atoms with Gasteiger partial charge in [0.05, 0.1) is 11.7 Å². The smallest absolute Gasteiger partial charge is 0.163 e. The molecule has 0 aliphatic heterocycles. The molecule has 2 N–H and O–H groups in total. The van der Waals surface area contributed by atoms with E-state index in [1.54, 1.807) is 0 Å². The Bertz CT molecular complexity index is 665. The monoisotopic (exact) mass is 314 g/mol. The predicted molar refractivity (Wildman–Crippen MR) is 88.7 cm³/mol. The lowest BCUT2D eigenvalue weighted by atomic mass is 9.55. The molecule has 1 aromatic carbocycles. The maximum absolute atomic E-state index is 11.8. The summed E-state index contributed by atoms with van der Waals surface area (Å²) in [4.78, 5) is 11.8. The molecule has 2 fully saturated rings. The fraction of sp³-hybridized carbons (Fsp3) is 0.650. The first-order chi connectivity index (χ1) is 10.9. The van der Waals surface area contributed by atoms with Crippen molar-refractivity contribution in [1.29, 1.82) is 0 Å². The Kier molecular flexibility index (Phi) is 3.35. The minimum atomic E-state index is -0.151. The first-order valence-corrected chi connectivity index (χ1v) is 8.96. The van der Waals surface area contributed by atoms with Gasteiger partial charge >= 0.3 is 0 Å². The fourth-order valence-corrected chi connectivity index (χ4v) is 5.86. The van der Waals surface area contributed by atoms with Crippen molar-refractivity contribution in [2.75, 3.05) is 0 Å². The van der Waals surface area contributed by atoms with E-state index in [2.05, 4.69) is 6.92 Å². The second-order valence-electron chi connectivity index (χ2n) is 8.18. The second kappa shape index (κ2) is 5.07. The van der Waals surface area contributed by atoms with Gasteiger partial charge in [-0.2, -0.15) is 0 Å². The van der Waals surface area contributed by atoms with E-state index >= 15 is 0 Å². The van der Waals surface area contributed by atoms with Crippen LogP contribution in [0.5, 0.6) is 5.75 Å². The van der Waals surface area contributed by atoms with Crippen LogP contribution in [-0.4, -0.2) is 22.1 Å². The molecule has 0 saturated heterocycles. The van der Waals surface area contributed by atoms with E-state index in [4.69, 9.17) is 0 Å². The van der Waals surface area contributed by atoms with E-state index in [1.807, 2.05) is 12.1 Å². The normalized spacial score (nSPS) is 38.6. The van der Waals surface area contributed by atoms with Gasteiger partial charge in [-0.05, 0) is 91.9 Å². The highest BCUT2D eigenvalue weighted by Crippen LogP contribution is 2.61. The Morgan fingerprint density at radius 3 is 2.74 bits per heavy atom. The van der Waals surface area contributed by atoms with Gasteiger partial charge in [0.1, 0.15) is 5.75 Å². The van der Waals surface area contributed by atoms with Gasteiger partial charge in [-0.1, -0.05) is 6.92 Å². The SMILES string of the molecule is CC(=O)c1cc2c(cc1O)CC[C@@H]1[C@@H]2CC[C@]2(C)C(O)CC[C@@H]12. The van der Waals surface area contributed by atoms with Crippen LogP contribution in [0.15, 0.2) is 12.1 Å². The van der Waals surface area contributed by atoms with Crippen LogP contribution in [0.3, 0.4) is 0 Å². The van der Waals surface area contributed by atoms with Gasteiger partial charge in [0.25, 0.3) is 0 Å². The number of rotatable bonds is 1. The van der Waals surface area contributed by atoms with Crippen LogP contribution < -0.4 is 0 Å². The maximum Gasteiger partial charge on any atom is 0.163 e. The van der Waals surface area contributed by atoms with Crippen molar-refractivity contribution < 1.29 is 15.0 Å². The number of ketones is 1. The standard InChI is InChI=1S/C20H26O3/c1-11(21)15-10-16-12(9-18(15)22)3-4-14-13(16)7-8-20(2)17(14)5-6-19(20)23/h9-10,13-14,17,19,22-23H,3-8H2,1-2H3/t13-,14+,17-,19?,20-/m0/s1. The topological polar surface area (TPSA) is 57.5 Å². The number of carbonyl (C=O) groups is 1. The number of aryl methyl sites for hydroxylation is 1. The van der Waals surface area contributed by atoms with Gasteiger partial charge in [-0.15, -0.1) is 0 Å². The Morgan fingerprint density at radius 1 is 1.22 bits per heavy atom. The summed E-state index contributed by atoms with van der Waals surface area (Å²) in [6.07, 6.45) is 6.19. The quantitative estimate of drug-likeness (QED) is 0.775. The minimum absolute atomic E-state index is 0.0654. The number of phenols is 1. The van der Waals surface area contributed by atoms with E-state index in [0.717, 1.165) is 38.5 Å². The molecule has 2 saturated carbocycles. The van der Waals surface area contributed by atoms with Crippen molar-refractivity contribution in [1.82, 2.24) is 0 Å². The van der Waals surface area contributed by atoms with Crippen molar-refractivity contribution in [2.24, 2.45) is 17.3 Å². The molecule has 23 heavy (non-hydrogen) atoms. The average Bonchev–Trinajstić information content (AvgIpc) is 2.81. The predicted octanol–water partition coefficient (Wildman–Crippen LogP) is 3.81. The van der Waals surface area contributed by atoms with Gasteiger partial charge in [0.15, 0.2) is 5.78 Å². The third-order valence-corrected chi connectivity index (χ3v) is 7.17. The highest BCUT2D eigenvalue weighted by Gasteiger charge is 2.54. The van der Waals surface area contributed by atoms with Gasteiger partial charge in [0.2, 0.25) is 0 Å². The van der Waals surface area contributed by atoms with Crippen molar-refractivity contribution in [2.45, 2.75) is 64.4 Å². The first kappa shape index (κ1) is 15.2. The lowest BCUT2D eigenvalue weighted by molar-refractivity contribution is -0.0226. The van der Waals surface area contributed by atoms with E-state index < -0.39 is 0 Å². The molecule has 4 rings (SSSR count). The summed E-state index contributed by atoms with van der Waals surface area (Å²) in [6.45, 7) is 3.80. The molecule has 0 amide bonds. The van der Waals surface area contributed by atoms with Crippen LogP contribution in [0.25, 0.3) is 0 Å². The number of aliphatic hydroxyl groups excluding tert-OH is 1. The number of hydrogen-bond acceptors (Lipinski definition) is 3. The summed E-state index contributed by atoms with van der Waals surface area (Å²) in [5.41, 5.74) is 3.05. The molecule has 3 aliphatic carbocycles. The van der Waals surface area contributed by atoms with Crippen LogP contribution in [0, 0.1) is 17.3 Å². The Balaban J connectivity index is 1.74. The number of carbonyl (C=O) groups excluding carboxylic acids is 1. The van der Waals surface area contributed by atoms with Gasteiger partial charge in [0, 0.05) is 0 Å². The van der Waals surface area contributed by atoms with E-state index in [-0.39, 0.29) is 23.1 Å². The fourth-order valence-electron chi connectivity index (χ4n) is 5.86. The van der Waals surface area contributed by atoms with Crippen LogP contribution in [-0.2, 0) is 6.42 Å². The molecule has 0 bridgehead atoms. The van der Waals surface area contributed by atoms with Crippen molar-refractivity contribution in [3.63, 3.8) is 0 Å². The largest absolute Gasteiger partial charge is 0.507 e. The Hall–Kier alpha value is -1.35. The van der Waals surface area contributed by atoms with E-state index in [9.17, 15) is 15.0 Å². The molecule has 0 radical (unpaired) electrons. The lowest BCUT2D eigenvalue weighted by Gasteiger charge is -2.50. The lowest BCUT2D eigenvalue weighted by Crippen LogP contribution is -2.43. The first-order valence-electron chi connectivity index (χ1n) is 8.96. The van der Waals surface area contributed by atoms with Crippen LogP contribution in [0.1, 0.15) is 73.4 Å². The molecule has 0 spiro atoms. The zero-order valence-electron chi connectivity index (χ0n) is 14.0. The summed E-state index contributed by atoms with van der Waals surface area (Å²) in [6, 6.07) is 3.78. The zero-order valence-corrected chi connectivity index (χ0v) is 14.0. The highest BCUT2D eigenvalue weighted by atomic mass is 16.3. The summed E-state index contributed by atoms with van der Waals surface area (Å²) in [7, 11) is 0. The molecule has 5 atom stereocenters. The van der Waals surface area contributed by atoms with Gasteiger partial charge < -0.3 is 10.2 Å². The third-order valence-electron chi connectivity index (χ3n) is 7.17. The Labute approximate surface area is 137 Å². The summed E-state index contributed by atoms with van der Waals surface area (Å²) in [5.74, 6) is 1.76. The molecule has 3 heteroatoms. The molecular formula is C20H26O3. The molecule has 3 aliphatic rings. The minimum Gasteiger partial charge on any atom is -0.507 e. The van der Waals surface area contributed by atoms with Crippen molar-refractivity contribution >= 4 is 5.78 Å². The number of aliphatic hydroxyl groups is 1. The van der Waals surface area contributed by atoms with Crippen LogP contribution in [0.4, 0.5) is 0 Å². The van der Waals surface area contributed by atoms with Gasteiger partial charge in [-0.3, -0.25) is 4.79 Å². The number of Topliss-reactive ketones (excluding diaryl/α,β-unsaturated/α-hetero) is 1. The number of benzene rings is 1. The molecule has 1 unspecified atom stereocenters. The molecular weight excluding hydrogens is 288 g/mol. The van der Waals surface area contributed by atoms with E-state index in [1.165, 1.54) is 18.1 Å². The average molecular weight is 314 g/mol. The van der Waals surface area contributed by atoms with Crippen molar-refractivity contribution in [3.8, 4) is 5.75 Å². The molecule has 0 heterocycles. The maximum atomic E-state index is 11.8. The number of hydrogen-bond donors (Lipinski definition) is 2. The number of aromatic hydroxyl groups is 1. The zero-order chi connectivity index (χ0) is 16.4. The van der Waals surface area contributed by atoms with Crippen LogP contribution >= 0.6 is 0 Å². The molecule has 3 nitrogen and oxygen atoms in total. The highest BCUT2D eigenvalue weighted by molar-refractivity contribution is 5.97. The molecule has 1 aromatic rings. The second-order valence-corrected chi connectivity index (χ2v) is 8.18. The summed E-state index contributed by atoms with van der Waals surface area (Å²) in [5, 5.41) is 20.5. The van der Waals surface area contributed by atoms with Crippen molar-refractivity contribution in [3.05, 3.63) is 28.8 Å². The summed E-state index contributed by atoms with van der Waals surface area (Å²) >= 11 is 0. The number of phenolic OH excluding ortho intramolecular Hbond substituents is 1. The Morgan fingerprint density at radius 2 is 2.00 bits per heavy atom. The van der Waals surface area contributed by atoms with Crippen LogP contribution in [0.2, 0.25) is 0 Å².